The van der Waals surface area contributed by atoms with E-state index in [2.05, 4.69) is 24.6 Å². The molecule has 0 heterocycles. The summed E-state index contributed by atoms with van der Waals surface area (Å²) < 4.78 is 19.2. The Labute approximate surface area is 194 Å². The first-order valence-electron chi connectivity index (χ1n) is 11.1. The van der Waals surface area contributed by atoms with Crippen molar-refractivity contribution in [3.8, 4) is 0 Å². The SMILES string of the molecule is C=C/C(=C\N=C(C)Cc1cc(C(C)=O)ccc1C1(CC)CC1)c1cc(C(=O)OC)ccc1F. The van der Waals surface area contributed by atoms with Gasteiger partial charge in [-0.05, 0) is 73.9 Å². The molecule has 3 rings (SSSR count). The van der Waals surface area contributed by atoms with E-state index in [4.69, 9.17) is 4.74 Å². The van der Waals surface area contributed by atoms with Gasteiger partial charge in [0.2, 0.25) is 0 Å². The highest BCUT2D eigenvalue weighted by atomic mass is 19.1. The lowest BCUT2D eigenvalue weighted by Gasteiger charge is -2.19. The van der Waals surface area contributed by atoms with Gasteiger partial charge in [-0.15, -0.1) is 0 Å². The fraction of sp³-hybridized carbons (Fsp3) is 0.321. The molecule has 0 unspecified atom stereocenters. The van der Waals surface area contributed by atoms with Crippen molar-refractivity contribution < 1.29 is 18.7 Å². The summed E-state index contributed by atoms with van der Waals surface area (Å²) in [5, 5.41) is 0. The minimum Gasteiger partial charge on any atom is -0.465 e. The second-order valence-corrected chi connectivity index (χ2v) is 8.58. The molecule has 0 aliphatic heterocycles. The van der Waals surface area contributed by atoms with Gasteiger partial charge in [0.05, 0.1) is 12.7 Å². The molecule has 1 saturated carbocycles. The molecule has 0 bridgehead atoms. The molecule has 2 aromatic rings. The van der Waals surface area contributed by atoms with Crippen LogP contribution < -0.4 is 0 Å². The van der Waals surface area contributed by atoms with Crippen LogP contribution in [0.15, 0.2) is 60.2 Å². The van der Waals surface area contributed by atoms with Crippen LogP contribution >= 0.6 is 0 Å². The lowest BCUT2D eigenvalue weighted by Crippen LogP contribution is -2.12. The van der Waals surface area contributed by atoms with Crippen LogP contribution in [0, 0.1) is 5.82 Å². The highest BCUT2D eigenvalue weighted by molar-refractivity contribution is 5.95. The maximum atomic E-state index is 14.5. The van der Waals surface area contributed by atoms with E-state index in [1.165, 1.54) is 36.9 Å². The summed E-state index contributed by atoms with van der Waals surface area (Å²) in [4.78, 5) is 28.3. The predicted octanol–water partition coefficient (Wildman–Crippen LogP) is 6.49. The predicted molar refractivity (Wildman–Crippen MR) is 130 cm³/mol. The molecule has 33 heavy (non-hydrogen) atoms. The van der Waals surface area contributed by atoms with Crippen LogP contribution in [0.25, 0.3) is 5.57 Å². The lowest BCUT2D eigenvalue weighted by atomic mass is 9.86. The smallest absolute Gasteiger partial charge is 0.337 e. The number of hydrogen-bond acceptors (Lipinski definition) is 4. The van der Waals surface area contributed by atoms with Crippen molar-refractivity contribution in [3.05, 3.63) is 88.9 Å². The van der Waals surface area contributed by atoms with E-state index < -0.39 is 11.8 Å². The lowest BCUT2D eigenvalue weighted by molar-refractivity contribution is 0.0600. The van der Waals surface area contributed by atoms with Crippen LogP contribution in [-0.2, 0) is 16.6 Å². The largest absolute Gasteiger partial charge is 0.465 e. The number of halogens is 1. The third-order valence-electron chi connectivity index (χ3n) is 6.40. The Kier molecular flexibility index (Phi) is 7.42. The molecular formula is C28H30FNO3. The van der Waals surface area contributed by atoms with Crippen molar-refractivity contribution in [2.75, 3.05) is 7.11 Å². The van der Waals surface area contributed by atoms with E-state index in [9.17, 15) is 14.0 Å². The van der Waals surface area contributed by atoms with Crippen molar-refractivity contribution in [3.63, 3.8) is 0 Å². The van der Waals surface area contributed by atoms with E-state index in [0.29, 0.717) is 17.6 Å². The second-order valence-electron chi connectivity index (χ2n) is 8.58. The number of hydrogen-bond donors (Lipinski definition) is 0. The molecule has 1 aliphatic carbocycles. The van der Waals surface area contributed by atoms with Crippen molar-refractivity contribution in [1.82, 2.24) is 0 Å². The molecule has 0 N–H and O–H groups in total. The number of carbonyl (C=O) groups is 2. The Morgan fingerprint density at radius 3 is 2.42 bits per heavy atom. The van der Waals surface area contributed by atoms with Crippen LogP contribution in [-0.4, -0.2) is 24.6 Å². The van der Waals surface area contributed by atoms with Crippen LogP contribution in [0.2, 0.25) is 0 Å². The number of aliphatic imine (C=N–C) groups is 1. The van der Waals surface area contributed by atoms with E-state index in [1.54, 1.807) is 13.1 Å². The molecule has 2 aromatic carbocycles. The molecule has 0 aromatic heterocycles. The highest BCUT2D eigenvalue weighted by Crippen LogP contribution is 2.52. The van der Waals surface area contributed by atoms with E-state index in [-0.39, 0.29) is 22.3 Å². The zero-order valence-corrected chi connectivity index (χ0v) is 19.7. The Bertz CT molecular complexity index is 1160. The van der Waals surface area contributed by atoms with Crippen LogP contribution in [0.4, 0.5) is 4.39 Å². The number of rotatable bonds is 9. The van der Waals surface area contributed by atoms with Crippen molar-refractivity contribution in [2.45, 2.75) is 51.9 Å². The molecule has 5 heteroatoms. The third-order valence-corrected chi connectivity index (χ3v) is 6.40. The summed E-state index contributed by atoms with van der Waals surface area (Å²) in [6, 6.07) is 10.0. The second kappa shape index (κ2) is 10.1. The third kappa shape index (κ3) is 5.36. The van der Waals surface area contributed by atoms with Gasteiger partial charge in [-0.1, -0.05) is 31.7 Å². The summed E-state index contributed by atoms with van der Waals surface area (Å²) in [6.07, 6.45) is 7.03. The molecule has 1 aliphatic rings. The van der Waals surface area contributed by atoms with Gasteiger partial charge in [-0.25, -0.2) is 9.18 Å². The molecule has 0 spiro atoms. The average Bonchev–Trinajstić information content (AvgIpc) is 3.61. The minimum atomic E-state index is -0.540. The number of Topliss-reactive ketones (excluding diaryl/α,β-unsaturated/α-hetero) is 1. The van der Waals surface area contributed by atoms with Crippen molar-refractivity contribution >= 4 is 23.0 Å². The normalized spacial score (nSPS) is 15.2. The van der Waals surface area contributed by atoms with Crippen LogP contribution in [0.3, 0.4) is 0 Å². The zero-order valence-electron chi connectivity index (χ0n) is 19.7. The number of allylic oxidation sites excluding steroid dienone is 2. The van der Waals surface area contributed by atoms with Gasteiger partial charge < -0.3 is 4.74 Å². The van der Waals surface area contributed by atoms with E-state index >= 15 is 0 Å². The number of ether oxygens (including phenoxy) is 1. The quantitative estimate of drug-likeness (QED) is 0.191. The molecule has 0 saturated heterocycles. The summed E-state index contributed by atoms with van der Waals surface area (Å²) in [6.45, 7) is 9.46. The van der Waals surface area contributed by atoms with E-state index in [0.717, 1.165) is 30.5 Å². The van der Waals surface area contributed by atoms with Gasteiger partial charge in [0.15, 0.2) is 5.78 Å². The number of carbonyl (C=O) groups excluding carboxylic acids is 2. The number of methoxy groups -OCH3 is 1. The molecule has 0 radical (unpaired) electrons. The number of esters is 1. The maximum absolute atomic E-state index is 14.5. The van der Waals surface area contributed by atoms with Gasteiger partial charge in [0.25, 0.3) is 0 Å². The summed E-state index contributed by atoms with van der Waals surface area (Å²) in [5.74, 6) is -0.979. The monoisotopic (exact) mass is 447 g/mol. The number of nitrogens with zero attached hydrogens (tertiary/aromatic N) is 1. The van der Waals surface area contributed by atoms with Gasteiger partial charge in [0.1, 0.15) is 5.82 Å². The van der Waals surface area contributed by atoms with Crippen molar-refractivity contribution in [1.29, 1.82) is 0 Å². The number of benzene rings is 2. The molecule has 0 atom stereocenters. The number of ketones is 1. The Morgan fingerprint density at radius 2 is 1.85 bits per heavy atom. The molecule has 1 fully saturated rings. The Morgan fingerprint density at radius 1 is 1.15 bits per heavy atom. The minimum absolute atomic E-state index is 0.0357. The van der Waals surface area contributed by atoms with Crippen LogP contribution in [0.5, 0.6) is 0 Å². The van der Waals surface area contributed by atoms with Crippen LogP contribution in [0.1, 0.15) is 77.4 Å². The molecule has 4 nitrogen and oxygen atoms in total. The summed E-state index contributed by atoms with van der Waals surface area (Å²) in [5.41, 5.74) is 5.05. The standard InChI is InChI=1S/C28H30FNO3/c1-6-20(24-16-22(27(32)33-5)9-11-26(24)29)17-30-18(3)14-23-15-21(19(4)31)8-10-25(23)28(7-2)12-13-28/h6,8-11,15-17H,1,7,12-14H2,2-5H3/b20-17+,30-18?. The molecule has 0 amide bonds. The van der Waals surface area contributed by atoms with Gasteiger partial charge in [-0.2, -0.15) is 0 Å². The first kappa shape index (κ1) is 24.3. The first-order valence-corrected chi connectivity index (χ1v) is 11.1. The summed E-state index contributed by atoms with van der Waals surface area (Å²) in [7, 11) is 1.28. The Balaban J connectivity index is 1.94. The van der Waals surface area contributed by atoms with Gasteiger partial charge in [0, 0.05) is 35.0 Å². The van der Waals surface area contributed by atoms with E-state index in [1.807, 2.05) is 19.1 Å². The molecular weight excluding hydrogens is 417 g/mol. The maximum Gasteiger partial charge on any atom is 0.337 e. The fourth-order valence-corrected chi connectivity index (χ4v) is 4.17. The first-order chi connectivity index (χ1) is 15.7. The van der Waals surface area contributed by atoms with Crippen molar-refractivity contribution in [2.24, 2.45) is 4.99 Å². The topological polar surface area (TPSA) is 55.7 Å². The zero-order chi connectivity index (χ0) is 24.2. The highest BCUT2D eigenvalue weighted by Gasteiger charge is 2.43. The average molecular weight is 448 g/mol. The Hall–Kier alpha value is -3.34. The van der Waals surface area contributed by atoms with Gasteiger partial charge in [-0.3, -0.25) is 9.79 Å². The fourth-order valence-electron chi connectivity index (χ4n) is 4.17. The summed E-state index contributed by atoms with van der Waals surface area (Å²) >= 11 is 0. The van der Waals surface area contributed by atoms with Gasteiger partial charge >= 0.3 is 5.97 Å². The molecule has 172 valence electrons.